The zero-order valence-electron chi connectivity index (χ0n) is 7.20. The molecule has 0 radical (unpaired) electrons. The van der Waals surface area contributed by atoms with Crippen LogP contribution in [0.4, 0.5) is 0 Å². The van der Waals surface area contributed by atoms with Crippen molar-refractivity contribution in [1.29, 1.82) is 0 Å². The number of nitrogens with zero attached hydrogens (tertiary/aromatic N) is 1. The molecule has 1 aromatic heterocycles. The monoisotopic (exact) mass is 168 g/mol. The zero-order valence-corrected chi connectivity index (χ0v) is 7.20. The van der Waals surface area contributed by atoms with Crippen LogP contribution in [0.2, 0.25) is 0 Å². The molecule has 1 rings (SSSR count). The average molecular weight is 168 g/mol. The maximum Gasteiger partial charge on any atom is 0.216 e. The predicted molar refractivity (Wildman–Crippen MR) is 45.2 cm³/mol. The van der Waals surface area contributed by atoms with Crippen molar-refractivity contribution in [1.82, 2.24) is 4.98 Å². The molecule has 0 amide bonds. The van der Waals surface area contributed by atoms with Gasteiger partial charge < -0.3 is 15.2 Å². The summed E-state index contributed by atoms with van der Waals surface area (Å²) in [5, 5.41) is 0. The van der Waals surface area contributed by atoms with Gasteiger partial charge in [-0.3, -0.25) is 0 Å². The molecule has 0 aliphatic heterocycles. The highest BCUT2D eigenvalue weighted by Gasteiger charge is 2.00. The smallest absolute Gasteiger partial charge is 0.216 e. The molecule has 4 heteroatoms. The van der Waals surface area contributed by atoms with Crippen LogP contribution in [0.25, 0.3) is 0 Å². The normalized spacial score (nSPS) is 9.58. The van der Waals surface area contributed by atoms with Crippen molar-refractivity contribution < 1.29 is 9.47 Å². The van der Waals surface area contributed by atoms with Gasteiger partial charge in [-0.2, -0.15) is 4.98 Å². The van der Waals surface area contributed by atoms with E-state index in [9.17, 15) is 0 Å². The van der Waals surface area contributed by atoms with Gasteiger partial charge in [-0.1, -0.05) is 0 Å². The quantitative estimate of drug-likeness (QED) is 0.716. The Kier molecular flexibility index (Phi) is 2.88. The van der Waals surface area contributed by atoms with Gasteiger partial charge in [-0.05, 0) is 5.56 Å². The Morgan fingerprint density at radius 2 is 1.75 bits per heavy atom. The lowest BCUT2D eigenvalue weighted by molar-refractivity contribution is 0.363. The fourth-order valence-corrected chi connectivity index (χ4v) is 0.859. The second kappa shape index (κ2) is 3.92. The number of ether oxygens (including phenoxy) is 2. The molecule has 0 saturated heterocycles. The van der Waals surface area contributed by atoms with Gasteiger partial charge in [0.25, 0.3) is 0 Å². The fourth-order valence-electron chi connectivity index (χ4n) is 0.859. The van der Waals surface area contributed by atoms with E-state index in [1.807, 2.05) is 0 Å². The summed E-state index contributed by atoms with van der Waals surface area (Å²) >= 11 is 0. The number of aromatic nitrogens is 1. The SMILES string of the molecule is COc1cc(CN)cc(OC)n1. The summed E-state index contributed by atoms with van der Waals surface area (Å²) in [6.45, 7) is 0.454. The molecule has 0 aromatic carbocycles. The first-order valence-corrected chi connectivity index (χ1v) is 3.59. The third-order valence-electron chi connectivity index (χ3n) is 1.49. The molecule has 0 atom stereocenters. The Hall–Kier alpha value is -1.29. The van der Waals surface area contributed by atoms with Gasteiger partial charge in [-0.15, -0.1) is 0 Å². The van der Waals surface area contributed by atoms with E-state index in [0.29, 0.717) is 18.3 Å². The summed E-state index contributed by atoms with van der Waals surface area (Å²) in [7, 11) is 3.12. The van der Waals surface area contributed by atoms with Gasteiger partial charge >= 0.3 is 0 Å². The van der Waals surface area contributed by atoms with Gasteiger partial charge in [0, 0.05) is 18.7 Å². The zero-order chi connectivity index (χ0) is 8.97. The maximum atomic E-state index is 5.46. The van der Waals surface area contributed by atoms with Crippen LogP contribution >= 0.6 is 0 Å². The highest BCUT2D eigenvalue weighted by Crippen LogP contribution is 2.16. The average Bonchev–Trinajstić information content (AvgIpc) is 2.16. The molecule has 2 N–H and O–H groups in total. The Morgan fingerprint density at radius 3 is 2.08 bits per heavy atom. The Morgan fingerprint density at radius 1 is 1.25 bits per heavy atom. The molecule has 4 nitrogen and oxygen atoms in total. The lowest BCUT2D eigenvalue weighted by Crippen LogP contribution is -1.99. The van der Waals surface area contributed by atoms with Crippen LogP contribution in [0, 0.1) is 0 Å². The Labute approximate surface area is 71.3 Å². The third kappa shape index (κ3) is 1.85. The van der Waals surface area contributed by atoms with Crippen LogP contribution in [0.3, 0.4) is 0 Å². The van der Waals surface area contributed by atoms with E-state index < -0.39 is 0 Å². The summed E-state index contributed by atoms with van der Waals surface area (Å²) in [6, 6.07) is 3.56. The second-order valence-corrected chi connectivity index (χ2v) is 2.26. The number of pyridine rings is 1. The van der Waals surface area contributed by atoms with E-state index in [0.717, 1.165) is 5.56 Å². The van der Waals surface area contributed by atoms with E-state index >= 15 is 0 Å². The third-order valence-corrected chi connectivity index (χ3v) is 1.49. The highest BCUT2D eigenvalue weighted by molar-refractivity contribution is 5.28. The van der Waals surface area contributed by atoms with Crippen LogP contribution in [0.5, 0.6) is 11.8 Å². The second-order valence-electron chi connectivity index (χ2n) is 2.26. The molecule has 1 heterocycles. The van der Waals surface area contributed by atoms with Crippen molar-refractivity contribution >= 4 is 0 Å². The van der Waals surface area contributed by atoms with Crippen molar-refractivity contribution in [3.05, 3.63) is 17.7 Å². The molecule has 0 spiro atoms. The molecule has 1 aromatic rings. The van der Waals surface area contributed by atoms with Crippen molar-refractivity contribution in [2.45, 2.75) is 6.54 Å². The topological polar surface area (TPSA) is 57.4 Å². The fraction of sp³-hybridized carbons (Fsp3) is 0.375. The largest absolute Gasteiger partial charge is 0.481 e. The molecule has 0 aliphatic rings. The first-order chi connectivity index (χ1) is 5.80. The number of methoxy groups -OCH3 is 2. The van der Waals surface area contributed by atoms with E-state index in [1.165, 1.54) is 0 Å². The summed E-state index contributed by atoms with van der Waals surface area (Å²) in [5.74, 6) is 1.05. The minimum atomic E-state index is 0.454. The van der Waals surface area contributed by atoms with Crippen molar-refractivity contribution in [3.63, 3.8) is 0 Å². The van der Waals surface area contributed by atoms with Crippen LogP contribution in [-0.4, -0.2) is 19.2 Å². The number of hydrogen-bond acceptors (Lipinski definition) is 4. The first-order valence-electron chi connectivity index (χ1n) is 3.59. The van der Waals surface area contributed by atoms with Gasteiger partial charge in [-0.25, -0.2) is 0 Å². The molecule has 0 saturated carbocycles. The maximum absolute atomic E-state index is 5.46. The molecular formula is C8H12N2O2. The Balaban J connectivity index is 3.01. The molecule has 12 heavy (non-hydrogen) atoms. The molecule has 0 aliphatic carbocycles. The predicted octanol–water partition coefficient (Wildman–Crippen LogP) is 0.557. The minimum Gasteiger partial charge on any atom is -0.481 e. The van der Waals surface area contributed by atoms with E-state index in [1.54, 1.807) is 26.4 Å². The lowest BCUT2D eigenvalue weighted by Gasteiger charge is -2.04. The lowest BCUT2D eigenvalue weighted by atomic mass is 10.2. The minimum absolute atomic E-state index is 0.454. The van der Waals surface area contributed by atoms with Crippen LogP contribution in [0.1, 0.15) is 5.56 Å². The van der Waals surface area contributed by atoms with Gasteiger partial charge in [0.2, 0.25) is 11.8 Å². The molecule has 66 valence electrons. The highest BCUT2D eigenvalue weighted by atomic mass is 16.5. The number of rotatable bonds is 3. The molecule has 0 bridgehead atoms. The van der Waals surface area contributed by atoms with Crippen LogP contribution in [-0.2, 0) is 6.54 Å². The van der Waals surface area contributed by atoms with Gasteiger partial charge in [0.1, 0.15) is 0 Å². The summed E-state index contributed by atoms with van der Waals surface area (Å²) in [5.41, 5.74) is 6.40. The molecule has 0 fully saturated rings. The number of hydrogen-bond donors (Lipinski definition) is 1. The summed E-state index contributed by atoms with van der Waals surface area (Å²) in [4.78, 5) is 4.02. The molecular weight excluding hydrogens is 156 g/mol. The number of nitrogens with two attached hydrogens (primary N) is 1. The van der Waals surface area contributed by atoms with Crippen molar-refractivity contribution in [2.24, 2.45) is 5.73 Å². The summed E-state index contributed by atoms with van der Waals surface area (Å²) in [6.07, 6.45) is 0. The van der Waals surface area contributed by atoms with Gasteiger partial charge in [0.15, 0.2) is 0 Å². The summed E-state index contributed by atoms with van der Waals surface area (Å²) < 4.78 is 9.91. The first kappa shape index (κ1) is 8.80. The van der Waals surface area contributed by atoms with E-state index in [2.05, 4.69) is 4.98 Å². The standard InChI is InChI=1S/C8H12N2O2/c1-11-7-3-6(5-9)4-8(10-7)12-2/h3-4H,5,9H2,1-2H3. The molecule has 0 unspecified atom stereocenters. The van der Waals surface area contributed by atoms with Gasteiger partial charge in [0.05, 0.1) is 14.2 Å². The van der Waals surface area contributed by atoms with E-state index in [4.69, 9.17) is 15.2 Å². The van der Waals surface area contributed by atoms with E-state index in [-0.39, 0.29) is 0 Å². The van der Waals surface area contributed by atoms with Crippen molar-refractivity contribution in [2.75, 3.05) is 14.2 Å². The Bertz CT molecular complexity index is 208. The van der Waals surface area contributed by atoms with Crippen LogP contribution < -0.4 is 15.2 Å². The van der Waals surface area contributed by atoms with Crippen LogP contribution in [0.15, 0.2) is 12.1 Å². The van der Waals surface area contributed by atoms with Crippen molar-refractivity contribution in [3.8, 4) is 11.8 Å².